The highest BCUT2D eigenvalue weighted by molar-refractivity contribution is 5.80. The van der Waals surface area contributed by atoms with E-state index in [0.29, 0.717) is 6.61 Å². The van der Waals surface area contributed by atoms with Crippen molar-refractivity contribution in [2.75, 3.05) is 0 Å². The average molecular weight is 222 g/mol. The van der Waals surface area contributed by atoms with Crippen LogP contribution in [-0.4, -0.2) is 11.9 Å². The highest BCUT2D eigenvalue weighted by atomic mass is 16.6. The summed E-state index contributed by atoms with van der Waals surface area (Å²) in [7, 11) is 0. The predicted molar refractivity (Wildman–Crippen MR) is 62.2 cm³/mol. The van der Waals surface area contributed by atoms with Gasteiger partial charge >= 0.3 is 0 Å². The first kappa shape index (κ1) is 12.7. The standard InChI is InChI=1S/C12H18N2O2/c1-9(2)11(13)12(15)14-16-8-10-6-4-3-5-7-10/h3-7,9,11H,8,13H2,1-2H3,(H,14,15)/t11-/m0/s1. The number of rotatable bonds is 5. The third-order valence-electron chi connectivity index (χ3n) is 2.28. The summed E-state index contributed by atoms with van der Waals surface area (Å²) in [5, 5.41) is 0. The van der Waals surface area contributed by atoms with Crippen LogP contribution < -0.4 is 11.2 Å². The second kappa shape index (κ2) is 6.25. The Kier molecular flexibility index (Phi) is 4.95. The molecule has 0 radical (unpaired) electrons. The highest BCUT2D eigenvalue weighted by Crippen LogP contribution is 2.00. The molecule has 16 heavy (non-hydrogen) atoms. The van der Waals surface area contributed by atoms with Gasteiger partial charge in [-0.05, 0) is 11.5 Å². The fourth-order valence-corrected chi connectivity index (χ4v) is 1.14. The van der Waals surface area contributed by atoms with Gasteiger partial charge in [-0.2, -0.15) is 0 Å². The van der Waals surface area contributed by atoms with Crippen LogP contribution in [0, 0.1) is 5.92 Å². The van der Waals surface area contributed by atoms with E-state index in [1.165, 1.54) is 0 Å². The molecule has 0 aliphatic heterocycles. The molecular weight excluding hydrogens is 204 g/mol. The van der Waals surface area contributed by atoms with E-state index in [-0.39, 0.29) is 11.8 Å². The predicted octanol–water partition coefficient (Wildman–Crippen LogP) is 1.22. The lowest BCUT2D eigenvalue weighted by Gasteiger charge is -2.14. The minimum absolute atomic E-state index is 0.0975. The molecule has 1 amide bonds. The number of carbonyl (C=O) groups excluding carboxylic acids is 1. The van der Waals surface area contributed by atoms with Gasteiger partial charge in [0.2, 0.25) is 0 Å². The van der Waals surface area contributed by atoms with Crippen molar-refractivity contribution in [2.24, 2.45) is 11.7 Å². The lowest BCUT2D eigenvalue weighted by Crippen LogP contribution is -2.43. The van der Waals surface area contributed by atoms with Gasteiger partial charge in [0.1, 0.15) is 0 Å². The number of nitrogens with one attached hydrogen (secondary N) is 1. The van der Waals surface area contributed by atoms with E-state index in [0.717, 1.165) is 5.56 Å². The summed E-state index contributed by atoms with van der Waals surface area (Å²) in [5.74, 6) is -0.189. The minimum atomic E-state index is -0.532. The number of hydrogen-bond donors (Lipinski definition) is 2. The van der Waals surface area contributed by atoms with Crippen LogP contribution in [0.25, 0.3) is 0 Å². The van der Waals surface area contributed by atoms with Crippen molar-refractivity contribution in [3.8, 4) is 0 Å². The maximum Gasteiger partial charge on any atom is 0.260 e. The Morgan fingerprint density at radius 2 is 2.00 bits per heavy atom. The van der Waals surface area contributed by atoms with Crippen LogP contribution in [0.4, 0.5) is 0 Å². The summed E-state index contributed by atoms with van der Waals surface area (Å²) < 4.78 is 0. The van der Waals surface area contributed by atoms with Gasteiger partial charge in [-0.25, -0.2) is 5.48 Å². The number of benzene rings is 1. The third kappa shape index (κ3) is 4.00. The summed E-state index contributed by atoms with van der Waals surface area (Å²) in [6.07, 6.45) is 0. The van der Waals surface area contributed by atoms with Crippen molar-refractivity contribution in [1.29, 1.82) is 0 Å². The highest BCUT2D eigenvalue weighted by Gasteiger charge is 2.16. The Bertz CT molecular complexity index is 325. The van der Waals surface area contributed by atoms with Crippen LogP contribution in [0.3, 0.4) is 0 Å². The maximum atomic E-state index is 11.4. The lowest BCUT2D eigenvalue weighted by atomic mass is 10.1. The zero-order chi connectivity index (χ0) is 12.0. The smallest absolute Gasteiger partial charge is 0.260 e. The van der Waals surface area contributed by atoms with Gasteiger partial charge in [-0.1, -0.05) is 44.2 Å². The molecule has 1 aromatic carbocycles. The molecule has 4 heteroatoms. The van der Waals surface area contributed by atoms with Gasteiger partial charge < -0.3 is 5.73 Å². The molecule has 4 nitrogen and oxygen atoms in total. The fraction of sp³-hybridized carbons (Fsp3) is 0.417. The molecule has 88 valence electrons. The van der Waals surface area contributed by atoms with E-state index in [9.17, 15) is 4.79 Å². The zero-order valence-electron chi connectivity index (χ0n) is 9.64. The van der Waals surface area contributed by atoms with Crippen LogP contribution >= 0.6 is 0 Å². The van der Waals surface area contributed by atoms with Crippen molar-refractivity contribution < 1.29 is 9.63 Å². The van der Waals surface area contributed by atoms with Crippen molar-refractivity contribution in [3.63, 3.8) is 0 Å². The first-order chi connectivity index (χ1) is 7.61. The molecule has 0 spiro atoms. The third-order valence-corrected chi connectivity index (χ3v) is 2.28. The fourth-order valence-electron chi connectivity index (χ4n) is 1.14. The molecule has 0 saturated heterocycles. The Hall–Kier alpha value is -1.39. The van der Waals surface area contributed by atoms with E-state index in [2.05, 4.69) is 5.48 Å². The van der Waals surface area contributed by atoms with Crippen LogP contribution in [0.15, 0.2) is 30.3 Å². The van der Waals surface area contributed by atoms with Gasteiger partial charge in [0.15, 0.2) is 0 Å². The molecule has 0 unspecified atom stereocenters. The van der Waals surface area contributed by atoms with Crippen LogP contribution in [0.5, 0.6) is 0 Å². The molecule has 1 aromatic rings. The Morgan fingerprint density at radius 1 is 1.38 bits per heavy atom. The molecule has 0 heterocycles. The van der Waals surface area contributed by atoms with E-state index in [1.54, 1.807) is 0 Å². The van der Waals surface area contributed by atoms with E-state index >= 15 is 0 Å². The SMILES string of the molecule is CC(C)[C@H](N)C(=O)NOCc1ccccc1. The van der Waals surface area contributed by atoms with E-state index in [1.807, 2.05) is 44.2 Å². The van der Waals surface area contributed by atoms with Gasteiger partial charge in [0, 0.05) is 0 Å². The monoisotopic (exact) mass is 222 g/mol. The Labute approximate surface area is 95.7 Å². The minimum Gasteiger partial charge on any atom is -0.320 e. The second-order valence-corrected chi connectivity index (χ2v) is 4.01. The molecule has 3 N–H and O–H groups in total. The molecule has 0 fully saturated rings. The van der Waals surface area contributed by atoms with Crippen molar-refractivity contribution in [2.45, 2.75) is 26.5 Å². The van der Waals surface area contributed by atoms with Crippen molar-refractivity contribution in [1.82, 2.24) is 5.48 Å². The Balaban J connectivity index is 2.28. The summed E-state index contributed by atoms with van der Waals surface area (Å²) in [4.78, 5) is 16.5. The van der Waals surface area contributed by atoms with Crippen LogP contribution in [0.1, 0.15) is 19.4 Å². The van der Waals surface area contributed by atoms with Gasteiger partial charge in [0.25, 0.3) is 5.91 Å². The number of carbonyl (C=O) groups is 1. The van der Waals surface area contributed by atoms with Crippen LogP contribution in [-0.2, 0) is 16.2 Å². The largest absolute Gasteiger partial charge is 0.320 e. The normalized spacial score (nSPS) is 12.5. The summed E-state index contributed by atoms with van der Waals surface area (Å²) in [6.45, 7) is 4.13. The first-order valence-corrected chi connectivity index (χ1v) is 5.32. The first-order valence-electron chi connectivity index (χ1n) is 5.32. The van der Waals surface area contributed by atoms with Gasteiger partial charge in [-0.3, -0.25) is 9.63 Å². The lowest BCUT2D eigenvalue weighted by molar-refractivity contribution is -0.136. The van der Waals surface area contributed by atoms with Crippen molar-refractivity contribution in [3.05, 3.63) is 35.9 Å². The zero-order valence-corrected chi connectivity index (χ0v) is 9.64. The summed E-state index contributed by atoms with van der Waals surface area (Å²) in [6, 6.07) is 9.08. The quantitative estimate of drug-likeness (QED) is 0.736. The maximum absolute atomic E-state index is 11.4. The van der Waals surface area contributed by atoms with E-state index in [4.69, 9.17) is 10.6 Å². The molecule has 0 aromatic heterocycles. The molecule has 1 atom stereocenters. The molecule has 0 aliphatic carbocycles. The topological polar surface area (TPSA) is 64.4 Å². The second-order valence-electron chi connectivity index (χ2n) is 4.01. The summed E-state index contributed by atoms with van der Waals surface area (Å²) >= 11 is 0. The van der Waals surface area contributed by atoms with Gasteiger partial charge in [0.05, 0.1) is 12.6 Å². The van der Waals surface area contributed by atoms with Gasteiger partial charge in [-0.15, -0.1) is 0 Å². The molecular formula is C12H18N2O2. The molecule has 1 rings (SSSR count). The van der Waals surface area contributed by atoms with Crippen LogP contribution in [0.2, 0.25) is 0 Å². The number of hydroxylamine groups is 1. The van der Waals surface area contributed by atoms with E-state index < -0.39 is 6.04 Å². The summed E-state index contributed by atoms with van der Waals surface area (Å²) in [5.41, 5.74) is 9.00. The molecule has 0 bridgehead atoms. The number of amides is 1. The van der Waals surface area contributed by atoms with Crippen molar-refractivity contribution >= 4 is 5.91 Å². The molecule has 0 saturated carbocycles. The average Bonchev–Trinajstić information content (AvgIpc) is 2.29. The number of hydrogen-bond acceptors (Lipinski definition) is 3. The molecule has 0 aliphatic rings. The number of nitrogens with two attached hydrogens (primary N) is 1. The Morgan fingerprint density at radius 3 is 2.56 bits per heavy atom.